The lowest BCUT2D eigenvalue weighted by molar-refractivity contribution is -0.107. The van der Waals surface area contributed by atoms with Crippen molar-refractivity contribution in [3.8, 4) is 5.75 Å². The summed E-state index contributed by atoms with van der Waals surface area (Å²) in [5.41, 5.74) is 0.916. The second-order valence-electron chi connectivity index (χ2n) is 2.69. The molecule has 0 aliphatic carbocycles. The van der Waals surface area contributed by atoms with Crippen molar-refractivity contribution < 1.29 is 9.53 Å². The van der Waals surface area contributed by atoms with E-state index in [1.807, 2.05) is 12.1 Å². The van der Waals surface area contributed by atoms with Gasteiger partial charge in [0.2, 0.25) is 0 Å². The van der Waals surface area contributed by atoms with Gasteiger partial charge in [-0.05, 0) is 18.2 Å². The number of allylic oxidation sites excluding steroid dienone is 1. The molecule has 1 rings (SSSR count). The maximum atomic E-state index is 10.1. The zero-order chi connectivity index (χ0) is 10.4. The Hall–Kier alpha value is -1.28. The number of methoxy groups -OCH3 is 1. The Morgan fingerprint density at radius 3 is 2.93 bits per heavy atom. The molecule has 0 saturated heterocycles. The first-order chi connectivity index (χ1) is 6.77. The van der Waals surface area contributed by atoms with E-state index in [1.54, 1.807) is 25.3 Å². The fraction of sp³-hybridized carbons (Fsp3) is 0.182. The molecule has 0 aliphatic rings. The van der Waals surface area contributed by atoms with Gasteiger partial charge in [0.25, 0.3) is 0 Å². The average molecular weight is 211 g/mol. The molecule has 2 nitrogen and oxygen atoms in total. The minimum absolute atomic E-state index is 0.409. The normalized spacial score (nSPS) is 10.4. The molecule has 1 aromatic rings. The number of aldehydes is 1. The van der Waals surface area contributed by atoms with Crippen LogP contribution in [0.1, 0.15) is 12.0 Å². The highest BCUT2D eigenvalue weighted by atomic mass is 35.5. The van der Waals surface area contributed by atoms with Crippen molar-refractivity contribution in [3.63, 3.8) is 0 Å². The first-order valence-electron chi connectivity index (χ1n) is 4.21. The van der Waals surface area contributed by atoms with Crippen LogP contribution < -0.4 is 4.74 Å². The summed E-state index contributed by atoms with van der Waals surface area (Å²) in [4.78, 5) is 10.1. The van der Waals surface area contributed by atoms with Gasteiger partial charge in [0.05, 0.1) is 7.11 Å². The molecule has 74 valence electrons. The van der Waals surface area contributed by atoms with Gasteiger partial charge in [-0.15, -0.1) is 0 Å². The lowest BCUT2D eigenvalue weighted by Gasteiger charge is -2.04. The Morgan fingerprint density at radius 1 is 1.50 bits per heavy atom. The van der Waals surface area contributed by atoms with Crippen molar-refractivity contribution in [2.24, 2.45) is 0 Å². The fourth-order valence-corrected chi connectivity index (χ4v) is 1.24. The van der Waals surface area contributed by atoms with E-state index < -0.39 is 0 Å². The third kappa shape index (κ3) is 2.89. The topological polar surface area (TPSA) is 26.3 Å². The molecule has 0 atom stereocenters. The molecular formula is C11H11ClO2. The van der Waals surface area contributed by atoms with Gasteiger partial charge in [0.15, 0.2) is 0 Å². The molecular weight excluding hydrogens is 200 g/mol. The second-order valence-corrected chi connectivity index (χ2v) is 3.13. The third-order valence-electron chi connectivity index (χ3n) is 1.73. The summed E-state index contributed by atoms with van der Waals surface area (Å²) >= 11 is 5.80. The first-order valence-corrected chi connectivity index (χ1v) is 4.59. The van der Waals surface area contributed by atoms with Crippen LogP contribution in [0, 0.1) is 0 Å². The highest BCUT2D eigenvalue weighted by Crippen LogP contribution is 2.24. The highest BCUT2D eigenvalue weighted by Gasteiger charge is 1.99. The van der Waals surface area contributed by atoms with Gasteiger partial charge in [-0.1, -0.05) is 23.8 Å². The monoisotopic (exact) mass is 210 g/mol. The largest absolute Gasteiger partial charge is 0.496 e. The van der Waals surface area contributed by atoms with Crippen LogP contribution in [0.2, 0.25) is 5.02 Å². The van der Waals surface area contributed by atoms with Crippen LogP contribution >= 0.6 is 11.6 Å². The fourth-order valence-electron chi connectivity index (χ4n) is 1.07. The van der Waals surface area contributed by atoms with Gasteiger partial charge in [-0.2, -0.15) is 0 Å². The smallest absolute Gasteiger partial charge is 0.127 e. The van der Waals surface area contributed by atoms with Crippen LogP contribution in [-0.4, -0.2) is 13.4 Å². The average Bonchev–Trinajstić information content (AvgIpc) is 2.20. The summed E-state index contributed by atoms with van der Waals surface area (Å²) in [5, 5.41) is 0.634. The van der Waals surface area contributed by atoms with E-state index in [4.69, 9.17) is 16.3 Å². The number of hydrogen-bond acceptors (Lipinski definition) is 2. The van der Waals surface area contributed by atoms with Gasteiger partial charge in [0, 0.05) is 17.0 Å². The zero-order valence-electron chi connectivity index (χ0n) is 7.87. The standard InChI is InChI=1S/C11H11ClO2/c1-14-11-8-10(12)6-5-9(11)4-2-3-7-13/h2,4-8H,3H2,1H3. The van der Waals surface area contributed by atoms with Crippen LogP contribution in [0.4, 0.5) is 0 Å². The van der Waals surface area contributed by atoms with Gasteiger partial charge in [-0.3, -0.25) is 0 Å². The number of hydrogen-bond donors (Lipinski definition) is 0. The molecule has 0 aromatic heterocycles. The van der Waals surface area contributed by atoms with Crippen molar-refractivity contribution in [3.05, 3.63) is 34.9 Å². The lowest BCUT2D eigenvalue weighted by atomic mass is 10.2. The predicted molar refractivity (Wildman–Crippen MR) is 57.7 cm³/mol. The van der Waals surface area contributed by atoms with E-state index in [9.17, 15) is 4.79 Å². The molecule has 0 unspecified atom stereocenters. The maximum absolute atomic E-state index is 10.1. The molecule has 0 aliphatic heterocycles. The summed E-state index contributed by atoms with van der Waals surface area (Å²) in [6.45, 7) is 0. The number of rotatable bonds is 4. The van der Waals surface area contributed by atoms with Crippen LogP contribution in [0.5, 0.6) is 5.75 Å². The van der Waals surface area contributed by atoms with Gasteiger partial charge >= 0.3 is 0 Å². The summed E-state index contributed by atoms with van der Waals surface area (Å²) in [5.74, 6) is 0.708. The van der Waals surface area contributed by atoms with Gasteiger partial charge in [-0.25, -0.2) is 0 Å². The Kier molecular flexibility index (Phi) is 4.20. The predicted octanol–water partition coefficient (Wildman–Crippen LogP) is 2.95. The SMILES string of the molecule is COc1cc(Cl)ccc1C=CCC=O. The number of halogens is 1. The van der Waals surface area contributed by atoms with Crippen molar-refractivity contribution in [2.75, 3.05) is 7.11 Å². The van der Waals surface area contributed by atoms with Crippen molar-refractivity contribution >= 4 is 24.0 Å². The number of benzene rings is 1. The van der Waals surface area contributed by atoms with E-state index in [1.165, 1.54) is 0 Å². The van der Waals surface area contributed by atoms with Gasteiger partial charge in [0.1, 0.15) is 12.0 Å². The van der Waals surface area contributed by atoms with Crippen LogP contribution in [0.3, 0.4) is 0 Å². The highest BCUT2D eigenvalue weighted by molar-refractivity contribution is 6.30. The summed E-state index contributed by atoms with van der Waals surface area (Å²) in [6, 6.07) is 5.37. The Bertz CT molecular complexity index is 345. The Labute approximate surface area is 88.1 Å². The molecule has 1 aromatic carbocycles. The minimum atomic E-state index is 0.409. The van der Waals surface area contributed by atoms with Crippen LogP contribution in [0.15, 0.2) is 24.3 Å². The molecule has 0 saturated carbocycles. The van der Waals surface area contributed by atoms with E-state index in [0.717, 1.165) is 11.8 Å². The summed E-state index contributed by atoms with van der Waals surface area (Å²) in [7, 11) is 1.59. The second kappa shape index (κ2) is 5.45. The molecule has 0 heterocycles. The first kappa shape index (κ1) is 10.8. The molecule has 0 radical (unpaired) electrons. The molecule has 14 heavy (non-hydrogen) atoms. The Morgan fingerprint density at radius 2 is 2.29 bits per heavy atom. The number of ether oxygens (including phenoxy) is 1. The summed E-state index contributed by atoms with van der Waals surface area (Å²) < 4.78 is 5.13. The molecule has 0 spiro atoms. The van der Waals surface area contributed by atoms with Crippen LogP contribution in [-0.2, 0) is 4.79 Å². The van der Waals surface area contributed by atoms with Gasteiger partial charge < -0.3 is 9.53 Å². The van der Waals surface area contributed by atoms with E-state index in [0.29, 0.717) is 17.2 Å². The zero-order valence-corrected chi connectivity index (χ0v) is 8.62. The lowest BCUT2D eigenvalue weighted by Crippen LogP contribution is -1.86. The van der Waals surface area contributed by atoms with Crippen molar-refractivity contribution in [1.29, 1.82) is 0 Å². The van der Waals surface area contributed by atoms with Crippen molar-refractivity contribution in [1.82, 2.24) is 0 Å². The molecule has 0 N–H and O–H groups in total. The minimum Gasteiger partial charge on any atom is -0.496 e. The molecule has 3 heteroatoms. The Balaban J connectivity index is 2.90. The van der Waals surface area contributed by atoms with E-state index in [2.05, 4.69) is 0 Å². The van der Waals surface area contributed by atoms with E-state index >= 15 is 0 Å². The third-order valence-corrected chi connectivity index (χ3v) is 1.96. The number of carbonyl (C=O) groups excluding carboxylic acids is 1. The molecule has 0 amide bonds. The maximum Gasteiger partial charge on any atom is 0.127 e. The number of carbonyl (C=O) groups is 1. The van der Waals surface area contributed by atoms with Crippen molar-refractivity contribution in [2.45, 2.75) is 6.42 Å². The van der Waals surface area contributed by atoms with Crippen LogP contribution in [0.25, 0.3) is 6.08 Å². The quantitative estimate of drug-likeness (QED) is 0.715. The molecule has 0 fully saturated rings. The van der Waals surface area contributed by atoms with E-state index in [-0.39, 0.29) is 0 Å². The summed E-state index contributed by atoms with van der Waals surface area (Å²) in [6.07, 6.45) is 4.87. The molecule has 0 bridgehead atoms.